The van der Waals surface area contributed by atoms with E-state index < -0.39 is 6.16 Å². The maximum Gasteiger partial charge on any atom is 0.513 e. The van der Waals surface area contributed by atoms with Gasteiger partial charge in [-0.05, 0) is 110 Å². The molecule has 0 bridgehead atoms. The Morgan fingerprint density at radius 1 is 0.891 bits per heavy atom. The molecule has 0 aliphatic heterocycles. The molecule has 7 nitrogen and oxygen atoms in total. The van der Waals surface area contributed by atoms with Crippen LogP contribution in [0.1, 0.15) is 101 Å². The number of hydrogen-bond donors (Lipinski definition) is 0. The van der Waals surface area contributed by atoms with Gasteiger partial charge in [0.2, 0.25) is 0 Å². The van der Waals surface area contributed by atoms with Crippen molar-refractivity contribution in [3.8, 4) is 11.5 Å². The van der Waals surface area contributed by atoms with Crippen molar-refractivity contribution < 1.29 is 28.5 Å². The minimum atomic E-state index is -0.680. The van der Waals surface area contributed by atoms with Gasteiger partial charge in [-0.25, -0.2) is 4.79 Å². The first-order chi connectivity index (χ1) is 22.2. The number of aryl methyl sites for hydroxylation is 1. The number of unbranched alkanes of at least 4 members (excludes halogenated alkanes) is 1. The van der Waals surface area contributed by atoms with Gasteiger partial charge in [0.15, 0.2) is 0 Å². The average Bonchev–Trinajstić information content (AvgIpc) is 3.03. The number of carbonyl (C=O) groups is 2. The summed E-state index contributed by atoms with van der Waals surface area (Å²) in [4.78, 5) is 26.5. The maximum absolute atomic E-state index is 12.0. The Bertz CT molecular complexity index is 1410. The predicted molar refractivity (Wildman–Crippen MR) is 181 cm³/mol. The number of esters is 1. The molecule has 0 fully saturated rings. The van der Waals surface area contributed by atoms with E-state index in [2.05, 4.69) is 74.2 Å². The molecule has 0 heterocycles. The molecule has 0 radical (unpaired) electrons. The van der Waals surface area contributed by atoms with Gasteiger partial charge in [-0.1, -0.05) is 69.3 Å². The summed E-state index contributed by atoms with van der Waals surface area (Å²) < 4.78 is 21.9. The van der Waals surface area contributed by atoms with Crippen molar-refractivity contribution in [1.82, 2.24) is 4.90 Å². The van der Waals surface area contributed by atoms with Crippen LogP contribution in [0.3, 0.4) is 0 Å². The van der Waals surface area contributed by atoms with Crippen molar-refractivity contribution in [1.29, 1.82) is 0 Å². The highest BCUT2D eigenvalue weighted by Crippen LogP contribution is 2.37. The van der Waals surface area contributed by atoms with E-state index >= 15 is 0 Å². The number of fused-ring (bicyclic) bond motifs is 1. The van der Waals surface area contributed by atoms with Crippen LogP contribution in [0.5, 0.6) is 11.5 Å². The Labute approximate surface area is 275 Å². The van der Waals surface area contributed by atoms with Crippen molar-refractivity contribution in [3.63, 3.8) is 0 Å². The molecule has 0 aromatic heterocycles. The third-order valence-corrected chi connectivity index (χ3v) is 8.54. The summed E-state index contributed by atoms with van der Waals surface area (Å²) in [6.45, 7) is 13.2. The van der Waals surface area contributed by atoms with Crippen molar-refractivity contribution in [2.45, 2.75) is 97.6 Å². The van der Waals surface area contributed by atoms with Crippen molar-refractivity contribution >= 4 is 12.1 Å². The molecule has 1 aliphatic carbocycles. The fraction of sp³-hybridized carbons (Fsp3) is 0.487. The van der Waals surface area contributed by atoms with Crippen LogP contribution in [0.2, 0.25) is 0 Å². The third kappa shape index (κ3) is 10.3. The van der Waals surface area contributed by atoms with Gasteiger partial charge < -0.3 is 18.9 Å². The Kier molecular flexibility index (Phi) is 13.1. The highest BCUT2D eigenvalue weighted by molar-refractivity contribution is 5.69. The lowest BCUT2D eigenvalue weighted by Gasteiger charge is -2.36. The molecule has 46 heavy (non-hydrogen) atoms. The summed E-state index contributed by atoms with van der Waals surface area (Å²) >= 11 is 0. The Hall–Kier alpha value is -3.84. The molecule has 1 unspecified atom stereocenters. The van der Waals surface area contributed by atoms with Crippen LogP contribution in [0.4, 0.5) is 4.79 Å². The third-order valence-electron chi connectivity index (χ3n) is 8.54. The van der Waals surface area contributed by atoms with E-state index in [-0.39, 0.29) is 24.0 Å². The van der Waals surface area contributed by atoms with Crippen molar-refractivity contribution in [2.75, 3.05) is 26.3 Å². The molecule has 0 amide bonds. The Morgan fingerprint density at radius 3 is 2.39 bits per heavy atom. The highest BCUT2D eigenvalue weighted by atomic mass is 16.7. The summed E-state index contributed by atoms with van der Waals surface area (Å²) in [6, 6.07) is 23.2. The largest absolute Gasteiger partial charge is 0.513 e. The van der Waals surface area contributed by atoms with Crippen LogP contribution >= 0.6 is 0 Å². The number of benzene rings is 3. The second-order valence-corrected chi connectivity index (χ2v) is 12.9. The smallest absolute Gasteiger partial charge is 0.489 e. The van der Waals surface area contributed by atoms with E-state index in [1.807, 2.05) is 25.1 Å². The van der Waals surface area contributed by atoms with Crippen LogP contribution in [0, 0.1) is 0 Å². The number of ether oxygens (including phenoxy) is 4. The summed E-state index contributed by atoms with van der Waals surface area (Å²) in [5.41, 5.74) is 6.24. The Morgan fingerprint density at radius 2 is 1.65 bits per heavy atom. The molecule has 3 aromatic rings. The van der Waals surface area contributed by atoms with Gasteiger partial charge in [-0.3, -0.25) is 9.69 Å². The van der Waals surface area contributed by atoms with Gasteiger partial charge in [-0.2, -0.15) is 0 Å². The SMILES string of the molecule is CCOC(=O)CCCCN(CCc1ccccc1OCc1ccc(C(C)(C)C)cc1)C1CCCc2cc(OC(=O)OCC)ccc21. The van der Waals surface area contributed by atoms with Crippen LogP contribution < -0.4 is 9.47 Å². The Balaban J connectivity index is 1.47. The number of hydrogen-bond acceptors (Lipinski definition) is 7. The van der Waals surface area contributed by atoms with E-state index in [4.69, 9.17) is 18.9 Å². The van der Waals surface area contributed by atoms with Gasteiger partial charge in [0.1, 0.15) is 18.1 Å². The molecule has 4 rings (SSSR count). The summed E-state index contributed by atoms with van der Waals surface area (Å²) in [7, 11) is 0. The molecule has 0 saturated heterocycles. The number of nitrogens with zero attached hydrogens (tertiary/aromatic N) is 1. The van der Waals surface area contributed by atoms with E-state index in [1.165, 1.54) is 22.3 Å². The van der Waals surface area contributed by atoms with E-state index in [0.29, 0.717) is 25.4 Å². The van der Waals surface area contributed by atoms with Crippen LogP contribution in [0.15, 0.2) is 66.7 Å². The zero-order chi connectivity index (χ0) is 32.9. The van der Waals surface area contributed by atoms with Gasteiger partial charge in [0.25, 0.3) is 0 Å². The molecular weight excluding hydrogens is 578 g/mol. The fourth-order valence-electron chi connectivity index (χ4n) is 6.07. The van der Waals surface area contributed by atoms with Crippen LogP contribution in [0.25, 0.3) is 0 Å². The monoisotopic (exact) mass is 629 g/mol. The standard InChI is InChI=1S/C39H51NO6/c1-6-43-37(41)17-10-11-25-40(35-15-12-14-31-27-33(22-23-34(31)35)46-38(42)44-7-2)26-24-30-13-8-9-16-36(30)45-28-29-18-20-32(21-19-29)39(3,4)5/h8-9,13,16,18-23,27,35H,6-7,10-12,14-15,17,24-26,28H2,1-5H3. The van der Waals surface area contributed by atoms with E-state index in [1.54, 1.807) is 6.92 Å². The lowest BCUT2D eigenvalue weighted by molar-refractivity contribution is -0.143. The molecular formula is C39H51NO6. The first-order valence-electron chi connectivity index (χ1n) is 16.8. The summed E-state index contributed by atoms with van der Waals surface area (Å²) in [5.74, 6) is 1.29. The van der Waals surface area contributed by atoms with E-state index in [0.717, 1.165) is 62.9 Å². The van der Waals surface area contributed by atoms with Crippen molar-refractivity contribution in [2.24, 2.45) is 0 Å². The number of para-hydroxylation sites is 1. The number of rotatable bonds is 15. The van der Waals surface area contributed by atoms with Crippen LogP contribution in [-0.2, 0) is 39.1 Å². The fourth-order valence-corrected chi connectivity index (χ4v) is 6.07. The zero-order valence-corrected chi connectivity index (χ0v) is 28.3. The first-order valence-corrected chi connectivity index (χ1v) is 16.8. The van der Waals surface area contributed by atoms with E-state index in [9.17, 15) is 9.59 Å². The van der Waals surface area contributed by atoms with Gasteiger partial charge in [0.05, 0.1) is 13.2 Å². The lowest BCUT2D eigenvalue weighted by Crippen LogP contribution is -2.34. The maximum atomic E-state index is 12.0. The molecule has 0 N–H and O–H groups in total. The lowest BCUT2D eigenvalue weighted by atomic mass is 9.86. The molecule has 0 saturated carbocycles. The molecule has 1 aliphatic rings. The van der Waals surface area contributed by atoms with Gasteiger partial charge in [-0.15, -0.1) is 0 Å². The number of carbonyl (C=O) groups excluding carboxylic acids is 2. The van der Waals surface area contributed by atoms with Gasteiger partial charge in [0, 0.05) is 19.0 Å². The summed E-state index contributed by atoms with van der Waals surface area (Å²) in [6.07, 6.45) is 5.32. The topological polar surface area (TPSA) is 74.3 Å². The van der Waals surface area contributed by atoms with Gasteiger partial charge >= 0.3 is 12.1 Å². The summed E-state index contributed by atoms with van der Waals surface area (Å²) in [5, 5.41) is 0. The minimum absolute atomic E-state index is 0.119. The first kappa shape index (κ1) is 35.0. The normalized spacial score (nSPS) is 14.4. The molecule has 1 atom stereocenters. The highest BCUT2D eigenvalue weighted by Gasteiger charge is 2.27. The zero-order valence-electron chi connectivity index (χ0n) is 28.3. The molecule has 3 aromatic carbocycles. The quantitative estimate of drug-likeness (QED) is 0.0945. The van der Waals surface area contributed by atoms with Crippen LogP contribution in [-0.4, -0.2) is 43.3 Å². The van der Waals surface area contributed by atoms with Crippen molar-refractivity contribution in [3.05, 3.63) is 94.5 Å². The molecule has 248 valence electrons. The predicted octanol–water partition coefficient (Wildman–Crippen LogP) is 8.75. The molecule has 0 spiro atoms. The second-order valence-electron chi connectivity index (χ2n) is 12.9. The second kappa shape index (κ2) is 17.2. The minimum Gasteiger partial charge on any atom is -0.489 e. The average molecular weight is 630 g/mol. The molecule has 7 heteroatoms.